The number of carboxylic acid groups (broad SMARTS) is 1. The molecular weight excluding hydrogens is 436 g/mol. The highest BCUT2D eigenvalue weighted by molar-refractivity contribution is 5.71. The number of carboxylic acids is 1. The quantitative estimate of drug-likeness (QED) is 0.374. The highest BCUT2D eigenvalue weighted by Crippen LogP contribution is 2.71. The summed E-state index contributed by atoms with van der Waals surface area (Å²) in [6.07, 6.45) is 9.14. The number of aliphatic hydroxyl groups is 2. The molecular formula is C31H48O4. The van der Waals surface area contributed by atoms with E-state index in [2.05, 4.69) is 67.2 Å². The third-order valence-corrected chi connectivity index (χ3v) is 11.8. The number of hydrogen-bond acceptors (Lipinski definition) is 3. The van der Waals surface area contributed by atoms with Crippen LogP contribution in [0.1, 0.15) is 93.4 Å². The minimum absolute atomic E-state index is 0.0316. The number of aliphatic hydroxyl groups excluding tert-OH is 2. The second-order valence-corrected chi connectivity index (χ2v) is 13.8. The molecule has 4 nitrogen and oxygen atoms in total. The topological polar surface area (TPSA) is 77.8 Å². The minimum atomic E-state index is -0.744. The van der Waals surface area contributed by atoms with Gasteiger partial charge in [-0.2, -0.15) is 0 Å². The van der Waals surface area contributed by atoms with Crippen LogP contribution in [0.5, 0.6) is 0 Å². The van der Waals surface area contributed by atoms with E-state index in [-0.39, 0.29) is 28.3 Å². The van der Waals surface area contributed by atoms with E-state index in [4.69, 9.17) is 0 Å². The summed E-state index contributed by atoms with van der Waals surface area (Å²) in [6.45, 7) is 19.6. The van der Waals surface area contributed by atoms with Gasteiger partial charge in [-0.15, -0.1) is 0 Å². The van der Waals surface area contributed by atoms with Crippen molar-refractivity contribution in [1.29, 1.82) is 0 Å². The molecule has 0 aromatic carbocycles. The lowest BCUT2D eigenvalue weighted by Crippen LogP contribution is -2.55. The molecule has 0 bridgehead atoms. The summed E-state index contributed by atoms with van der Waals surface area (Å²) in [5.41, 5.74) is 2.72. The molecule has 2 fully saturated rings. The van der Waals surface area contributed by atoms with Gasteiger partial charge in [0.05, 0.1) is 18.1 Å². The molecule has 0 heterocycles. The maximum absolute atomic E-state index is 12.6. The van der Waals surface area contributed by atoms with Crippen LogP contribution < -0.4 is 0 Å². The second kappa shape index (κ2) is 8.58. The maximum Gasteiger partial charge on any atom is 0.306 e. The predicted molar refractivity (Wildman–Crippen MR) is 141 cm³/mol. The minimum Gasteiger partial charge on any atom is -0.481 e. The van der Waals surface area contributed by atoms with Gasteiger partial charge in [-0.25, -0.2) is 0 Å². The monoisotopic (exact) mass is 484 g/mol. The molecule has 2 saturated carbocycles. The molecule has 4 aliphatic carbocycles. The van der Waals surface area contributed by atoms with Crippen molar-refractivity contribution in [1.82, 2.24) is 0 Å². The lowest BCUT2D eigenvalue weighted by molar-refractivity contribution is -0.146. The number of carbonyl (C=O) groups is 1. The summed E-state index contributed by atoms with van der Waals surface area (Å²) < 4.78 is 0. The fourth-order valence-corrected chi connectivity index (χ4v) is 8.81. The molecule has 0 spiro atoms. The van der Waals surface area contributed by atoms with Gasteiger partial charge in [-0.3, -0.25) is 4.79 Å². The Kier molecular flexibility index (Phi) is 6.54. The average molecular weight is 485 g/mol. The second-order valence-electron chi connectivity index (χ2n) is 13.8. The van der Waals surface area contributed by atoms with Gasteiger partial charge in [0.25, 0.3) is 0 Å². The summed E-state index contributed by atoms with van der Waals surface area (Å²) in [7, 11) is 0. The molecule has 1 unspecified atom stereocenters. The highest BCUT2D eigenvalue weighted by Gasteiger charge is 2.67. The molecule has 4 aliphatic rings. The van der Waals surface area contributed by atoms with Crippen molar-refractivity contribution in [3.63, 3.8) is 0 Å². The Balaban J connectivity index is 1.73. The fraction of sp³-hybridized carbons (Fsp3) is 0.774. The van der Waals surface area contributed by atoms with E-state index in [1.807, 2.05) is 0 Å². The standard InChI is InChI=1S/C31H48O4/c1-18(2)19(3)9-10-20(27(34)35)23-17-26(33)31(8)22-11-12-24-28(4,5)25(32)14-15-29(24,6)21(22)13-16-30(23,31)7/h11,13,18,20,23-26,32-33H,3,9-10,12,14-17H2,1-2,4-8H3,(H,34,35)/t20-,23?,24-,25-,26-,29+,30+,31+/m0/s1. The van der Waals surface area contributed by atoms with Crippen molar-refractivity contribution in [2.75, 3.05) is 0 Å². The fourth-order valence-electron chi connectivity index (χ4n) is 8.81. The van der Waals surface area contributed by atoms with Crippen LogP contribution in [0, 0.1) is 45.3 Å². The van der Waals surface area contributed by atoms with Gasteiger partial charge in [-0.1, -0.05) is 72.8 Å². The smallest absolute Gasteiger partial charge is 0.306 e. The number of aliphatic carboxylic acids is 1. The molecule has 196 valence electrons. The molecule has 0 radical (unpaired) electrons. The van der Waals surface area contributed by atoms with Crippen LogP contribution >= 0.6 is 0 Å². The van der Waals surface area contributed by atoms with E-state index in [0.29, 0.717) is 24.7 Å². The summed E-state index contributed by atoms with van der Waals surface area (Å²) in [5.74, 6) is -0.623. The summed E-state index contributed by atoms with van der Waals surface area (Å²) in [4.78, 5) is 12.6. The van der Waals surface area contributed by atoms with Crippen LogP contribution in [-0.4, -0.2) is 33.5 Å². The van der Waals surface area contributed by atoms with Crippen molar-refractivity contribution < 1.29 is 20.1 Å². The van der Waals surface area contributed by atoms with Crippen LogP contribution in [0.15, 0.2) is 35.5 Å². The van der Waals surface area contributed by atoms with Crippen LogP contribution in [0.3, 0.4) is 0 Å². The van der Waals surface area contributed by atoms with E-state index >= 15 is 0 Å². The van der Waals surface area contributed by atoms with Crippen LogP contribution in [-0.2, 0) is 4.79 Å². The van der Waals surface area contributed by atoms with Crippen LogP contribution in [0.4, 0.5) is 0 Å². The van der Waals surface area contributed by atoms with Crippen LogP contribution in [0.25, 0.3) is 0 Å². The zero-order chi connectivity index (χ0) is 26.1. The molecule has 4 rings (SSSR count). The highest BCUT2D eigenvalue weighted by atomic mass is 16.4. The lowest BCUT2D eigenvalue weighted by Gasteiger charge is -2.61. The average Bonchev–Trinajstić information content (AvgIpc) is 2.98. The van der Waals surface area contributed by atoms with Crippen molar-refractivity contribution in [2.45, 2.75) is 106 Å². The van der Waals surface area contributed by atoms with Crippen molar-refractivity contribution in [3.05, 3.63) is 35.5 Å². The first-order valence-corrected chi connectivity index (χ1v) is 13.8. The van der Waals surface area contributed by atoms with Crippen LogP contribution in [0.2, 0.25) is 0 Å². The predicted octanol–water partition coefficient (Wildman–Crippen LogP) is 6.54. The normalized spacial score (nSPS) is 42.9. The largest absolute Gasteiger partial charge is 0.481 e. The number of allylic oxidation sites excluding steroid dienone is 4. The van der Waals surface area contributed by atoms with Gasteiger partial charge in [-0.05, 0) is 90.1 Å². The van der Waals surface area contributed by atoms with Gasteiger partial charge in [0, 0.05) is 5.41 Å². The van der Waals surface area contributed by atoms with E-state index in [9.17, 15) is 20.1 Å². The molecule has 0 aliphatic heterocycles. The maximum atomic E-state index is 12.6. The van der Waals surface area contributed by atoms with Gasteiger partial charge in [0.1, 0.15) is 0 Å². The molecule has 0 aromatic heterocycles. The molecule has 3 N–H and O–H groups in total. The van der Waals surface area contributed by atoms with E-state index in [1.54, 1.807) is 0 Å². The first kappa shape index (κ1) is 26.7. The Hall–Kier alpha value is -1.39. The van der Waals surface area contributed by atoms with E-state index in [1.165, 1.54) is 11.1 Å². The summed E-state index contributed by atoms with van der Waals surface area (Å²) >= 11 is 0. The molecule has 4 heteroatoms. The number of hydrogen-bond donors (Lipinski definition) is 3. The van der Waals surface area contributed by atoms with Crippen molar-refractivity contribution in [2.24, 2.45) is 45.3 Å². The molecule has 8 atom stereocenters. The SMILES string of the molecule is C=C(CC[C@H](C(=O)O)C1C[C@H](O)[C@@]2(C)C3=CC[C@H]4C(C)(C)[C@@H](O)CC[C@]4(C)C3=CC[C@]12C)C(C)C. The van der Waals surface area contributed by atoms with Gasteiger partial charge in [0.2, 0.25) is 0 Å². The lowest BCUT2D eigenvalue weighted by atomic mass is 9.44. The molecule has 35 heavy (non-hydrogen) atoms. The Morgan fingerprint density at radius 1 is 1.09 bits per heavy atom. The molecule has 0 amide bonds. The molecule has 0 aromatic rings. The zero-order valence-electron chi connectivity index (χ0n) is 23.0. The Labute approximate surface area is 212 Å². The first-order chi connectivity index (χ1) is 16.1. The van der Waals surface area contributed by atoms with E-state index < -0.39 is 23.4 Å². The Morgan fingerprint density at radius 2 is 1.74 bits per heavy atom. The molecule has 0 saturated heterocycles. The Morgan fingerprint density at radius 3 is 2.34 bits per heavy atom. The summed E-state index contributed by atoms with van der Waals surface area (Å²) in [5, 5.41) is 32.8. The summed E-state index contributed by atoms with van der Waals surface area (Å²) in [6, 6.07) is 0. The third kappa shape index (κ3) is 3.64. The van der Waals surface area contributed by atoms with Gasteiger partial charge < -0.3 is 15.3 Å². The first-order valence-electron chi connectivity index (χ1n) is 13.8. The van der Waals surface area contributed by atoms with Crippen molar-refractivity contribution >= 4 is 5.97 Å². The third-order valence-electron chi connectivity index (χ3n) is 11.8. The van der Waals surface area contributed by atoms with Gasteiger partial charge >= 0.3 is 5.97 Å². The van der Waals surface area contributed by atoms with E-state index in [0.717, 1.165) is 37.7 Å². The van der Waals surface area contributed by atoms with Crippen molar-refractivity contribution in [3.8, 4) is 0 Å². The Bertz CT molecular complexity index is 957. The zero-order valence-corrected chi connectivity index (χ0v) is 23.0. The van der Waals surface area contributed by atoms with Gasteiger partial charge in [0.15, 0.2) is 0 Å². The number of rotatable bonds is 6. The number of fused-ring (bicyclic) bond motifs is 5.